The Labute approximate surface area is 237 Å². The number of carbonyl (C=O) groups excluding carboxylic acids is 2. The van der Waals surface area contributed by atoms with E-state index >= 15 is 0 Å². The molecule has 0 spiro atoms. The number of nitrogens with zero attached hydrogens (tertiary/aromatic N) is 1. The highest BCUT2D eigenvalue weighted by Crippen LogP contribution is 2.30. The number of rotatable bonds is 11. The molecule has 0 heterocycles. The average molecular weight is 559 g/mol. The summed E-state index contributed by atoms with van der Waals surface area (Å²) in [6.45, 7) is 2.56. The second-order valence-electron chi connectivity index (χ2n) is 8.37. The molecule has 0 aliphatic heterocycles. The van der Waals surface area contributed by atoms with Crippen LogP contribution in [0.3, 0.4) is 0 Å². The van der Waals surface area contributed by atoms with Gasteiger partial charge in [0.2, 0.25) is 0 Å². The number of methoxy groups -OCH3 is 1. The monoisotopic (exact) mass is 558 g/mol. The van der Waals surface area contributed by atoms with Crippen molar-refractivity contribution in [2.45, 2.75) is 13.5 Å². The Morgan fingerprint density at radius 3 is 2.35 bits per heavy atom. The molecule has 0 aromatic heterocycles. The van der Waals surface area contributed by atoms with Gasteiger partial charge in [0.05, 0.1) is 19.9 Å². The molecule has 4 rings (SSSR count). The third-order valence-electron chi connectivity index (χ3n) is 5.61. The van der Waals surface area contributed by atoms with Crippen LogP contribution in [0.4, 0.5) is 0 Å². The Balaban J connectivity index is 1.35. The van der Waals surface area contributed by atoms with Gasteiger partial charge < -0.3 is 18.9 Å². The summed E-state index contributed by atoms with van der Waals surface area (Å²) in [7, 11) is 1.48. The highest BCUT2D eigenvalue weighted by atomic mass is 35.5. The molecule has 0 unspecified atom stereocenters. The standard InChI is InChI=1S/C31H27ClN2O6/c1-3-38-29-18-22(10-17-28(29)40-31(36)26-6-4-5-7-27(26)37-2)19-33-34-30(35)23-11-15-25(16-12-23)39-20-21-8-13-24(32)14-9-21/h4-19H,3,20H2,1-2H3,(H,34,35)/b33-19-. The molecule has 8 nitrogen and oxygen atoms in total. The Morgan fingerprint density at radius 1 is 0.875 bits per heavy atom. The molecule has 0 radical (unpaired) electrons. The minimum atomic E-state index is -0.575. The molecule has 0 aliphatic rings. The van der Waals surface area contributed by atoms with E-state index in [2.05, 4.69) is 10.5 Å². The summed E-state index contributed by atoms with van der Waals surface area (Å²) < 4.78 is 22.2. The molecular formula is C31H27ClN2O6. The van der Waals surface area contributed by atoms with Gasteiger partial charge in [-0.2, -0.15) is 5.10 Å². The van der Waals surface area contributed by atoms with Gasteiger partial charge in [-0.3, -0.25) is 4.79 Å². The predicted octanol–water partition coefficient (Wildman–Crippen LogP) is 6.31. The number of hydrogen-bond acceptors (Lipinski definition) is 7. The fourth-order valence-electron chi connectivity index (χ4n) is 3.61. The molecule has 4 aromatic rings. The Kier molecular flexibility index (Phi) is 9.74. The van der Waals surface area contributed by atoms with Gasteiger partial charge in [-0.1, -0.05) is 35.9 Å². The summed E-state index contributed by atoms with van der Waals surface area (Å²) in [6, 6.07) is 25.9. The van der Waals surface area contributed by atoms with E-state index in [0.717, 1.165) is 5.56 Å². The largest absolute Gasteiger partial charge is 0.496 e. The van der Waals surface area contributed by atoms with E-state index in [1.165, 1.54) is 13.3 Å². The maximum absolute atomic E-state index is 12.7. The summed E-state index contributed by atoms with van der Waals surface area (Å²) in [4.78, 5) is 25.2. The van der Waals surface area contributed by atoms with Crippen LogP contribution in [0, 0.1) is 0 Å². The predicted molar refractivity (Wildman–Crippen MR) is 153 cm³/mol. The van der Waals surface area contributed by atoms with Crippen LogP contribution in [-0.2, 0) is 6.61 Å². The topological polar surface area (TPSA) is 95.5 Å². The molecule has 40 heavy (non-hydrogen) atoms. The van der Waals surface area contributed by atoms with Crippen molar-refractivity contribution in [3.63, 3.8) is 0 Å². The van der Waals surface area contributed by atoms with Gasteiger partial charge in [-0.25, -0.2) is 10.2 Å². The normalized spacial score (nSPS) is 10.7. The van der Waals surface area contributed by atoms with E-state index in [-0.39, 0.29) is 11.7 Å². The number of hydrogen-bond donors (Lipinski definition) is 1. The quantitative estimate of drug-likeness (QED) is 0.100. The maximum Gasteiger partial charge on any atom is 0.347 e. The van der Waals surface area contributed by atoms with Gasteiger partial charge in [0, 0.05) is 10.6 Å². The number of nitrogens with one attached hydrogen (secondary N) is 1. The van der Waals surface area contributed by atoms with Gasteiger partial charge >= 0.3 is 5.97 Å². The van der Waals surface area contributed by atoms with Crippen LogP contribution >= 0.6 is 11.6 Å². The smallest absolute Gasteiger partial charge is 0.347 e. The summed E-state index contributed by atoms with van der Waals surface area (Å²) in [5.74, 6) is 0.684. The molecule has 1 amide bonds. The van der Waals surface area contributed by atoms with Crippen LogP contribution in [-0.4, -0.2) is 31.8 Å². The summed E-state index contributed by atoms with van der Waals surface area (Å²) in [5.41, 5.74) is 4.83. The number of esters is 1. The van der Waals surface area contributed by atoms with Gasteiger partial charge in [0.25, 0.3) is 5.91 Å². The first-order valence-corrected chi connectivity index (χ1v) is 12.8. The van der Waals surface area contributed by atoms with E-state index in [9.17, 15) is 9.59 Å². The lowest BCUT2D eigenvalue weighted by Gasteiger charge is -2.12. The summed E-state index contributed by atoms with van der Waals surface area (Å²) in [6.07, 6.45) is 1.47. The van der Waals surface area contributed by atoms with Crippen molar-refractivity contribution >= 4 is 29.7 Å². The second-order valence-corrected chi connectivity index (χ2v) is 8.80. The minimum absolute atomic E-state index is 0.248. The molecule has 0 saturated heterocycles. The number of benzene rings is 4. The van der Waals surface area contributed by atoms with Crippen molar-refractivity contribution in [2.75, 3.05) is 13.7 Å². The number of amides is 1. The molecule has 1 N–H and O–H groups in total. The number of hydrazone groups is 1. The lowest BCUT2D eigenvalue weighted by Crippen LogP contribution is -2.17. The first-order valence-electron chi connectivity index (χ1n) is 12.4. The Bertz CT molecular complexity index is 1490. The zero-order valence-electron chi connectivity index (χ0n) is 21.9. The number of ether oxygens (including phenoxy) is 4. The highest BCUT2D eigenvalue weighted by molar-refractivity contribution is 6.30. The average Bonchev–Trinajstić information content (AvgIpc) is 2.98. The molecular weight excluding hydrogens is 532 g/mol. The van der Waals surface area contributed by atoms with Gasteiger partial charge in [-0.15, -0.1) is 0 Å². The van der Waals surface area contributed by atoms with Crippen LogP contribution in [0.2, 0.25) is 5.02 Å². The second kappa shape index (κ2) is 13.8. The molecule has 0 aliphatic carbocycles. The SMILES string of the molecule is CCOc1cc(/C=N\NC(=O)c2ccc(OCc3ccc(Cl)cc3)cc2)ccc1OC(=O)c1ccccc1OC. The number of carbonyl (C=O) groups is 2. The zero-order valence-corrected chi connectivity index (χ0v) is 22.7. The van der Waals surface area contributed by atoms with E-state index in [4.69, 9.17) is 30.5 Å². The van der Waals surface area contributed by atoms with Crippen LogP contribution in [0.25, 0.3) is 0 Å². The first-order chi connectivity index (χ1) is 19.5. The fourth-order valence-corrected chi connectivity index (χ4v) is 3.73. The number of para-hydroxylation sites is 1. The van der Waals surface area contributed by atoms with Crippen LogP contribution < -0.4 is 24.4 Å². The summed E-state index contributed by atoms with van der Waals surface area (Å²) in [5, 5.41) is 4.71. The lowest BCUT2D eigenvalue weighted by molar-refractivity contribution is 0.0724. The van der Waals surface area contributed by atoms with Crippen LogP contribution in [0.1, 0.15) is 38.8 Å². The van der Waals surface area contributed by atoms with Gasteiger partial charge in [0.1, 0.15) is 23.7 Å². The van der Waals surface area contributed by atoms with Crippen molar-refractivity contribution in [3.8, 4) is 23.0 Å². The zero-order chi connectivity index (χ0) is 28.3. The minimum Gasteiger partial charge on any atom is -0.496 e. The van der Waals surface area contributed by atoms with E-state index in [1.54, 1.807) is 78.9 Å². The molecule has 0 bridgehead atoms. The molecule has 204 valence electrons. The van der Waals surface area contributed by atoms with Crippen molar-refractivity contribution in [3.05, 3.63) is 118 Å². The molecule has 9 heteroatoms. The maximum atomic E-state index is 12.7. The van der Waals surface area contributed by atoms with Crippen molar-refractivity contribution < 1.29 is 28.5 Å². The van der Waals surface area contributed by atoms with Crippen molar-refractivity contribution in [1.82, 2.24) is 5.43 Å². The highest BCUT2D eigenvalue weighted by Gasteiger charge is 2.17. The fraction of sp³-hybridized carbons (Fsp3) is 0.129. The molecule has 0 fully saturated rings. The van der Waals surface area contributed by atoms with Crippen LogP contribution in [0.5, 0.6) is 23.0 Å². The van der Waals surface area contributed by atoms with Gasteiger partial charge in [-0.05, 0) is 84.8 Å². The van der Waals surface area contributed by atoms with E-state index < -0.39 is 5.97 Å². The van der Waals surface area contributed by atoms with Crippen molar-refractivity contribution in [2.24, 2.45) is 5.10 Å². The van der Waals surface area contributed by atoms with Gasteiger partial charge in [0.15, 0.2) is 11.5 Å². The molecule has 0 saturated carbocycles. The van der Waals surface area contributed by atoms with Crippen molar-refractivity contribution in [1.29, 1.82) is 0 Å². The third kappa shape index (κ3) is 7.61. The Hall–Kier alpha value is -4.82. The van der Waals surface area contributed by atoms with E-state index in [1.807, 2.05) is 19.1 Å². The Morgan fingerprint density at radius 2 is 1.62 bits per heavy atom. The summed E-state index contributed by atoms with van der Waals surface area (Å²) >= 11 is 5.90. The molecule has 4 aromatic carbocycles. The first kappa shape index (κ1) is 28.2. The van der Waals surface area contributed by atoms with E-state index in [0.29, 0.717) is 52.2 Å². The van der Waals surface area contributed by atoms with Crippen LogP contribution in [0.15, 0.2) is 96.1 Å². The third-order valence-corrected chi connectivity index (χ3v) is 5.86. The number of halogens is 1. The molecule has 0 atom stereocenters. The lowest BCUT2D eigenvalue weighted by atomic mass is 10.2.